The van der Waals surface area contributed by atoms with Gasteiger partial charge in [-0.15, -0.1) is 0 Å². The Kier molecular flexibility index (Phi) is 4.05. The summed E-state index contributed by atoms with van der Waals surface area (Å²) in [5, 5.41) is 20.1. The fourth-order valence-electron chi connectivity index (χ4n) is 2.01. The zero-order valence-electron chi connectivity index (χ0n) is 11.2. The highest BCUT2D eigenvalue weighted by Gasteiger charge is 2.23. The van der Waals surface area contributed by atoms with E-state index >= 15 is 0 Å². The predicted octanol–water partition coefficient (Wildman–Crippen LogP) is 2.79. The van der Waals surface area contributed by atoms with Crippen LogP contribution < -0.4 is 0 Å². The number of nitrogens with zero attached hydrogens (tertiary/aromatic N) is 3. The van der Waals surface area contributed by atoms with Gasteiger partial charge in [0.05, 0.1) is 11.0 Å². The number of nitro groups is 1. The molecule has 1 unspecified atom stereocenters. The Morgan fingerprint density at radius 2 is 2.19 bits per heavy atom. The van der Waals surface area contributed by atoms with Crippen LogP contribution in [0, 0.1) is 28.4 Å². The summed E-state index contributed by atoms with van der Waals surface area (Å²) in [6.45, 7) is 1.66. The molecule has 0 aliphatic rings. The van der Waals surface area contributed by atoms with Gasteiger partial charge in [0.25, 0.3) is 5.69 Å². The smallest absolute Gasteiger partial charge is 0.270 e. The van der Waals surface area contributed by atoms with Gasteiger partial charge in [-0.2, -0.15) is 5.26 Å². The second-order valence-electron chi connectivity index (χ2n) is 4.53. The molecule has 1 aromatic heterocycles. The SMILES string of the molecule is Cc1cc(C(=O)C(C#N)c2cccnc2)cc([N+](=O)[O-])c1. The maximum atomic E-state index is 12.4. The van der Waals surface area contributed by atoms with Crippen molar-refractivity contribution in [1.29, 1.82) is 5.26 Å². The Bertz CT molecular complexity index is 736. The molecule has 0 fully saturated rings. The van der Waals surface area contributed by atoms with Gasteiger partial charge >= 0.3 is 0 Å². The van der Waals surface area contributed by atoms with Crippen molar-refractivity contribution in [2.75, 3.05) is 0 Å². The molecule has 0 bridgehead atoms. The van der Waals surface area contributed by atoms with Crippen LogP contribution in [0.25, 0.3) is 0 Å². The third-order valence-electron chi connectivity index (χ3n) is 2.97. The van der Waals surface area contributed by atoms with Crippen LogP contribution in [0.1, 0.15) is 27.4 Å². The van der Waals surface area contributed by atoms with Gasteiger partial charge in [0.2, 0.25) is 0 Å². The van der Waals surface area contributed by atoms with E-state index in [2.05, 4.69) is 4.98 Å². The van der Waals surface area contributed by atoms with Crippen LogP contribution in [-0.4, -0.2) is 15.7 Å². The van der Waals surface area contributed by atoms with Crippen molar-refractivity contribution < 1.29 is 9.72 Å². The summed E-state index contributed by atoms with van der Waals surface area (Å²) in [4.78, 5) is 26.6. The maximum Gasteiger partial charge on any atom is 0.270 e. The first-order valence-corrected chi connectivity index (χ1v) is 6.12. The van der Waals surface area contributed by atoms with Crippen LogP contribution in [0.2, 0.25) is 0 Å². The lowest BCUT2D eigenvalue weighted by molar-refractivity contribution is -0.384. The van der Waals surface area contributed by atoms with Crippen molar-refractivity contribution in [2.24, 2.45) is 0 Å². The second-order valence-corrected chi connectivity index (χ2v) is 4.53. The number of hydrogen-bond acceptors (Lipinski definition) is 5. The van der Waals surface area contributed by atoms with E-state index in [4.69, 9.17) is 0 Å². The number of nitro benzene ring substituents is 1. The molecule has 0 N–H and O–H groups in total. The fourth-order valence-corrected chi connectivity index (χ4v) is 2.01. The number of non-ortho nitro benzene ring substituents is 1. The summed E-state index contributed by atoms with van der Waals surface area (Å²) in [6, 6.07) is 9.29. The largest absolute Gasteiger partial charge is 0.292 e. The summed E-state index contributed by atoms with van der Waals surface area (Å²) in [6.07, 6.45) is 2.98. The molecule has 0 saturated carbocycles. The lowest BCUT2D eigenvalue weighted by Gasteiger charge is -2.08. The summed E-state index contributed by atoms with van der Waals surface area (Å²) in [5.41, 5.74) is 1.04. The molecular formula is C15H11N3O3. The van der Waals surface area contributed by atoms with Gasteiger partial charge in [-0.05, 0) is 30.2 Å². The van der Waals surface area contributed by atoms with E-state index in [0.717, 1.165) is 0 Å². The molecule has 6 heteroatoms. The number of ketones is 1. The molecule has 0 aliphatic carbocycles. The molecule has 2 aromatic rings. The summed E-state index contributed by atoms with van der Waals surface area (Å²) >= 11 is 0. The Morgan fingerprint density at radius 3 is 2.76 bits per heavy atom. The maximum absolute atomic E-state index is 12.4. The monoisotopic (exact) mass is 281 g/mol. The Morgan fingerprint density at radius 1 is 1.43 bits per heavy atom. The van der Waals surface area contributed by atoms with E-state index in [1.807, 2.05) is 6.07 Å². The summed E-state index contributed by atoms with van der Waals surface area (Å²) < 4.78 is 0. The quantitative estimate of drug-likeness (QED) is 0.487. The normalized spacial score (nSPS) is 11.4. The van der Waals surface area contributed by atoms with E-state index in [9.17, 15) is 20.2 Å². The number of carbonyl (C=O) groups excluding carboxylic acids is 1. The minimum atomic E-state index is -1.03. The first kappa shape index (κ1) is 14.3. The van der Waals surface area contributed by atoms with Gasteiger partial charge in [0, 0.05) is 30.1 Å². The predicted molar refractivity (Wildman–Crippen MR) is 74.8 cm³/mol. The first-order valence-electron chi connectivity index (χ1n) is 6.12. The molecule has 1 heterocycles. The molecule has 0 saturated heterocycles. The van der Waals surface area contributed by atoms with Gasteiger partial charge in [-0.3, -0.25) is 19.9 Å². The fraction of sp³-hybridized carbons (Fsp3) is 0.133. The van der Waals surface area contributed by atoms with Crippen molar-refractivity contribution in [1.82, 2.24) is 4.98 Å². The van der Waals surface area contributed by atoms with E-state index < -0.39 is 16.6 Å². The molecule has 0 spiro atoms. The standard InChI is InChI=1S/C15H11N3O3/c1-10-5-12(7-13(6-10)18(20)21)15(19)14(8-16)11-3-2-4-17-9-11/h2-7,9,14H,1H3. The zero-order chi connectivity index (χ0) is 15.4. The Hall–Kier alpha value is -3.07. The van der Waals surface area contributed by atoms with Gasteiger partial charge in [-0.25, -0.2) is 0 Å². The van der Waals surface area contributed by atoms with Crippen LogP contribution >= 0.6 is 0 Å². The first-order chi connectivity index (χ1) is 10.0. The average molecular weight is 281 g/mol. The molecule has 0 radical (unpaired) electrons. The van der Waals surface area contributed by atoms with Gasteiger partial charge < -0.3 is 0 Å². The lowest BCUT2D eigenvalue weighted by Crippen LogP contribution is -2.12. The average Bonchev–Trinajstić information content (AvgIpc) is 2.48. The van der Waals surface area contributed by atoms with Crippen LogP contribution in [0.4, 0.5) is 5.69 Å². The molecule has 0 aliphatic heterocycles. The van der Waals surface area contributed by atoms with Crippen molar-refractivity contribution >= 4 is 11.5 Å². The van der Waals surface area contributed by atoms with Crippen LogP contribution in [-0.2, 0) is 0 Å². The van der Waals surface area contributed by atoms with Crippen molar-refractivity contribution in [3.05, 3.63) is 69.5 Å². The topological polar surface area (TPSA) is 96.9 Å². The molecule has 104 valence electrons. The number of pyridine rings is 1. The summed E-state index contributed by atoms with van der Waals surface area (Å²) in [5.74, 6) is -1.50. The third kappa shape index (κ3) is 3.09. The molecule has 0 amide bonds. The van der Waals surface area contributed by atoms with Crippen molar-refractivity contribution in [3.63, 3.8) is 0 Å². The minimum absolute atomic E-state index is 0.150. The molecule has 1 atom stereocenters. The van der Waals surface area contributed by atoms with E-state index in [1.54, 1.807) is 25.3 Å². The van der Waals surface area contributed by atoms with Crippen molar-refractivity contribution in [2.45, 2.75) is 12.8 Å². The number of aromatic nitrogens is 1. The number of Topliss-reactive ketones (excluding diaryl/α,β-unsaturated/α-hetero) is 1. The number of rotatable bonds is 4. The summed E-state index contributed by atoms with van der Waals surface area (Å²) in [7, 11) is 0. The number of aryl methyl sites for hydroxylation is 1. The van der Waals surface area contributed by atoms with E-state index in [1.165, 1.54) is 24.4 Å². The third-order valence-corrected chi connectivity index (χ3v) is 2.97. The molecule has 2 rings (SSSR count). The minimum Gasteiger partial charge on any atom is -0.292 e. The van der Waals surface area contributed by atoms with Crippen LogP contribution in [0.5, 0.6) is 0 Å². The number of benzene rings is 1. The molecule has 1 aromatic carbocycles. The van der Waals surface area contributed by atoms with Gasteiger partial charge in [0.1, 0.15) is 5.92 Å². The lowest BCUT2D eigenvalue weighted by atomic mass is 9.92. The highest BCUT2D eigenvalue weighted by molar-refractivity contribution is 6.03. The molecule has 6 nitrogen and oxygen atoms in total. The van der Waals surface area contributed by atoms with Crippen LogP contribution in [0.15, 0.2) is 42.7 Å². The zero-order valence-corrected chi connectivity index (χ0v) is 11.2. The van der Waals surface area contributed by atoms with E-state index in [0.29, 0.717) is 11.1 Å². The second kappa shape index (κ2) is 5.92. The van der Waals surface area contributed by atoms with Crippen LogP contribution in [0.3, 0.4) is 0 Å². The number of hydrogen-bond donors (Lipinski definition) is 0. The highest BCUT2D eigenvalue weighted by Crippen LogP contribution is 2.23. The molecule has 21 heavy (non-hydrogen) atoms. The Balaban J connectivity index is 2.44. The number of nitriles is 1. The molecular weight excluding hydrogens is 270 g/mol. The van der Waals surface area contributed by atoms with E-state index in [-0.39, 0.29) is 11.3 Å². The highest BCUT2D eigenvalue weighted by atomic mass is 16.6. The van der Waals surface area contributed by atoms with Gasteiger partial charge in [-0.1, -0.05) is 6.07 Å². The van der Waals surface area contributed by atoms with Crippen molar-refractivity contribution in [3.8, 4) is 6.07 Å². The number of carbonyl (C=O) groups is 1. The Labute approximate surface area is 120 Å². The van der Waals surface area contributed by atoms with Gasteiger partial charge in [0.15, 0.2) is 5.78 Å².